The topological polar surface area (TPSA) is 131 Å². The minimum absolute atomic E-state index is 0.0882. The summed E-state index contributed by atoms with van der Waals surface area (Å²) in [5.41, 5.74) is 0. The van der Waals surface area contributed by atoms with Gasteiger partial charge < -0.3 is 20.1 Å². The molecule has 2 atom stereocenters. The van der Waals surface area contributed by atoms with Crippen molar-refractivity contribution in [2.45, 2.75) is 245 Å². The number of carbonyl (C=O) groups is 2. The highest BCUT2D eigenvalue weighted by molar-refractivity contribution is 7.47. The Morgan fingerprint density at radius 2 is 0.833 bits per heavy atom. The number of phosphoric ester groups is 1. The number of esters is 1. The molecular weight excluding hydrogens is 701 g/mol. The smallest absolute Gasteiger partial charge is 0.463 e. The molecule has 0 aliphatic carbocycles. The summed E-state index contributed by atoms with van der Waals surface area (Å²) in [4.78, 5) is 33.9. The third-order valence-electron chi connectivity index (χ3n) is 10.3. The van der Waals surface area contributed by atoms with Crippen molar-refractivity contribution in [3.8, 4) is 0 Å². The Morgan fingerprint density at radius 3 is 1.20 bits per heavy atom. The molecule has 322 valence electrons. The van der Waals surface area contributed by atoms with E-state index in [1.54, 1.807) is 0 Å². The van der Waals surface area contributed by atoms with Crippen LogP contribution in [0.25, 0.3) is 0 Å². The molecule has 2 unspecified atom stereocenters. The molecule has 0 aliphatic heterocycles. The number of hydrogen-bond acceptors (Lipinski definition) is 7. The van der Waals surface area contributed by atoms with Crippen LogP contribution in [-0.4, -0.2) is 54.3 Å². The van der Waals surface area contributed by atoms with Crippen LogP contribution >= 0.6 is 7.82 Å². The summed E-state index contributed by atoms with van der Waals surface area (Å²) in [7, 11) is -4.41. The number of amides is 1. The van der Waals surface area contributed by atoms with Gasteiger partial charge in [0, 0.05) is 19.4 Å². The summed E-state index contributed by atoms with van der Waals surface area (Å²) in [5.74, 6) is -0.502. The van der Waals surface area contributed by atoms with E-state index in [2.05, 4.69) is 19.2 Å². The maximum Gasteiger partial charge on any atom is 0.472 e. The molecule has 0 rings (SSSR count). The van der Waals surface area contributed by atoms with Crippen LogP contribution in [0.5, 0.6) is 0 Å². The predicted octanol–water partition coefficient (Wildman–Crippen LogP) is 12.8. The number of rotatable bonds is 44. The summed E-state index contributed by atoms with van der Waals surface area (Å²) < 4.78 is 26.9. The van der Waals surface area contributed by atoms with Gasteiger partial charge in [0.15, 0.2) is 0 Å². The van der Waals surface area contributed by atoms with Crippen LogP contribution in [-0.2, 0) is 27.9 Å². The second-order valence-corrected chi connectivity index (χ2v) is 17.2. The van der Waals surface area contributed by atoms with Crippen LogP contribution < -0.4 is 5.32 Å². The molecule has 0 aromatic rings. The molecule has 0 spiro atoms. The largest absolute Gasteiger partial charge is 0.472 e. The van der Waals surface area contributed by atoms with Gasteiger partial charge in [-0.25, -0.2) is 4.57 Å². The molecule has 0 aromatic heterocycles. The van der Waals surface area contributed by atoms with Gasteiger partial charge in [-0.1, -0.05) is 213 Å². The minimum atomic E-state index is -4.41. The number of unbranched alkanes of at least 4 members (excludes halogenated alkanes) is 31. The van der Waals surface area contributed by atoms with Crippen molar-refractivity contribution in [3.05, 3.63) is 0 Å². The second kappa shape index (κ2) is 41.6. The van der Waals surface area contributed by atoms with E-state index >= 15 is 0 Å². The molecule has 0 aliphatic rings. The summed E-state index contributed by atoms with van der Waals surface area (Å²) >= 11 is 0. The Balaban J connectivity index is 3.52. The monoisotopic (exact) mass is 790 g/mol. The highest BCUT2D eigenvalue weighted by Gasteiger charge is 2.23. The first-order chi connectivity index (χ1) is 26.3. The van der Waals surface area contributed by atoms with E-state index in [0.29, 0.717) is 12.8 Å². The molecule has 54 heavy (non-hydrogen) atoms. The molecule has 9 nitrogen and oxygen atoms in total. The number of ether oxygens (including phenoxy) is 1. The Hall–Kier alpha value is -0.990. The fourth-order valence-corrected chi connectivity index (χ4v) is 7.55. The van der Waals surface area contributed by atoms with Crippen molar-refractivity contribution >= 4 is 19.7 Å². The van der Waals surface area contributed by atoms with E-state index in [4.69, 9.17) is 13.8 Å². The fourth-order valence-electron chi connectivity index (χ4n) is 6.79. The third kappa shape index (κ3) is 42.2. The van der Waals surface area contributed by atoms with E-state index in [-0.39, 0.29) is 25.7 Å². The Kier molecular flexibility index (Phi) is 40.9. The molecule has 3 N–H and O–H groups in total. The number of phosphoric acid groups is 1. The normalized spacial score (nSPS) is 13.2. The van der Waals surface area contributed by atoms with Crippen molar-refractivity contribution in [1.29, 1.82) is 0 Å². The van der Waals surface area contributed by atoms with Gasteiger partial charge >= 0.3 is 13.8 Å². The van der Waals surface area contributed by atoms with E-state index in [1.165, 1.54) is 173 Å². The van der Waals surface area contributed by atoms with E-state index < -0.39 is 26.5 Å². The first kappa shape index (κ1) is 53.0. The summed E-state index contributed by atoms with van der Waals surface area (Å²) in [6.07, 6.45) is 41.8. The lowest BCUT2D eigenvalue weighted by atomic mass is 10.0. The van der Waals surface area contributed by atoms with Crippen LogP contribution in [0.3, 0.4) is 0 Å². The Bertz CT molecular complexity index is 860. The molecule has 0 saturated carbocycles. The first-order valence-electron chi connectivity index (χ1n) is 23.0. The molecular formula is C44H88NO8P. The standard InChI is InChI=1S/C44H88NO8P/c1-3-5-7-9-11-13-15-17-18-19-20-21-22-23-25-27-29-31-33-35-37-44(48)51-40-42(46)41-53-54(49,50)52-39-38-45-43(47)36-34-32-30-28-26-24-16-14-12-10-8-6-4-2/h42,46H,3-41H2,1-2H3,(H,45,47)(H,49,50). The van der Waals surface area contributed by atoms with Gasteiger partial charge in [0.2, 0.25) is 5.91 Å². The fraction of sp³-hybridized carbons (Fsp3) is 0.955. The van der Waals surface area contributed by atoms with Crippen LogP contribution in [0.1, 0.15) is 239 Å². The lowest BCUT2D eigenvalue weighted by molar-refractivity contribution is -0.147. The van der Waals surface area contributed by atoms with Gasteiger partial charge in [0.25, 0.3) is 0 Å². The average Bonchev–Trinajstić information content (AvgIpc) is 3.16. The van der Waals surface area contributed by atoms with E-state index in [0.717, 1.165) is 38.5 Å². The summed E-state index contributed by atoms with van der Waals surface area (Å²) in [6, 6.07) is 0. The van der Waals surface area contributed by atoms with Crippen molar-refractivity contribution in [2.75, 3.05) is 26.4 Å². The molecule has 0 fully saturated rings. The average molecular weight is 790 g/mol. The molecule has 0 radical (unpaired) electrons. The second-order valence-electron chi connectivity index (χ2n) is 15.7. The van der Waals surface area contributed by atoms with Crippen molar-refractivity contribution in [1.82, 2.24) is 5.32 Å². The Labute approximate surface area is 333 Å². The van der Waals surface area contributed by atoms with Gasteiger partial charge in [-0.2, -0.15) is 0 Å². The minimum Gasteiger partial charge on any atom is -0.463 e. The van der Waals surface area contributed by atoms with Gasteiger partial charge in [-0.05, 0) is 12.8 Å². The highest BCUT2D eigenvalue weighted by atomic mass is 31.2. The lowest BCUT2D eigenvalue weighted by Crippen LogP contribution is -2.27. The summed E-state index contributed by atoms with van der Waals surface area (Å²) in [5, 5.41) is 12.7. The molecule has 0 heterocycles. The molecule has 0 bridgehead atoms. The van der Waals surface area contributed by atoms with E-state index in [1.807, 2.05) is 0 Å². The quantitative estimate of drug-likeness (QED) is 0.0316. The SMILES string of the molecule is CCCCCCCCCCCCCCCCCCCCCCC(=O)OCC(O)COP(=O)(O)OCCNC(=O)CCCCCCCCCCCCCCC. The predicted molar refractivity (Wildman–Crippen MR) is 225 cm³/mol. The van der Waals surface area contributed by atoms with Crippen LogP contribution in [0.2, 0.25) is 0 Å². The molecule has 10 heteroatoms. The number of carbonyl (C=O) groups excluding carboxylic acids is 2. The zero-order valence-electron chi connectivity index (χ0n) is 35.4. The van der Waals surface area contributed by atoms with Crippen LogP contribution in [0, 0.1) is 0 Å². The zero-order valence-corrected chi connectivity index (χ0v) is 36.3. The van der Waals surface area contributed by atoms with Gasteiger partial charge in [0.05, 0.1) is 13.2 Å². The van der Waals surface area contributed by atoms with Crippen molar-refractivity contribution < 1.29 is 37.9 Å². The Morgan fingerprint density at radius 1 is 0.500 bits per heavy atom. The van der Waals surface area contributed by atoms with Gasteiger partial charge in [-0.15, -0.1) is 0 Å². The maximum absolute atomic E-state index is 12.1. The lowest BCUT2D eigenvalue weighted by Gasteiger charge is -2.15. The summed E-state index contributed by atoms with van der Waals surface area (Å²) in [6.45, 7) is 3.60. The van der Waals surface area contributed by atoms with Gasteiger partial charge in [0.1, 0.15) is 12.7 Å². The molecule has 0 saturated heterocycles. The van der Waals surface area contributed by atoms with Crippen molar-refractivity contribution in [2.24, 2.45) is 0 Å². The van der Waals surface area contributed by atoms with E-state index in [9.17, 15) is 24.2 Å². The first-order valence-corrected chi connectivity index (χ1v) is 24.5. The number of aliphatic hydroxyl groups excluding tert-OH is 1. The highest BCUT2D eigenvalue weighted by Crippen LogP contribution is 2.42. The zero-order chi connectivity index (χ0) is 39.6. The van der Waals surface area contributed by atoms with Gasteiger partial charge in [-0.3, -0.25) is 18.6 Å². The van der Waals surface area contributed by atoms with Crippen LogP contribution in [0.15, 0.2) is 0 Å². The number of aliphatic hydroxyl groups is 1. The third-order valence-corrected chi connectivity index (χ3v) is 11.3. The maximum atomic E-state index is 12.1. The van der Waals surface area contributed by atoms with Crippen molar-refractivity contribution in [3.63, 3.8) is 0 Å². The number of hydrogen-bond donors (Lipinski definition) is 3. The molecule has 0 aromatic carbocycles. The number of nitrogens with one attached hydrogen (secondary N) is 1. The van der Waals surface area contributed by atoms with Crippen LogP contribution in [0.4, 0.5) is 0 Å². The molecule has 1 amide bonds.